The van der Waals surface area contributed by atoms with Crippen molar-refractivity contribution in [3.63, 3.8) is 0 Å². The van der Waals surface area contributed by atoms with Crippen LogP contribution in [0.4, 0.5) is 0 Å². The lowest BCUT2D eigenvalue weighted by atomic mass is 10.0. The number of rotatable bonds is 5. The molecule has 0 fully saturated rings. The van der Waals surface area contributed by atoms with E-state index in [1.54, 1.807) is 24.3 Å². The molecule has 0 aliphatic heterocycles. The lowest BCUT2D eigenvalue weighted by Gasteiger charge is -2.17. The van der Waals surface area contributed by atoms with Crippen molar-refractivity contribution in [3.8, 4) is 0 Å². The zero-order valence-corrected chi connectivity index (χ0v) is 9.50. The van der Waals surface area contributed by atoms with E-state index < -0.39 is 0 Å². The van der Waals surface area contributed by atoms with E-state index in [0.717, 1.165) is 17.2 Å². The van der Waals surface area contributed by atoms with Gasteiger partial charge in [-0.3, -0.25) is 0 Å². The number of aromatic nitrogens is 2. The summed E-state index contributed by atoms with van der Waals surface area (Å²) in [7, 11) is 0. The molecule has 0 radical (unpaired) electrons. The van der Waals surface area contributed by atoms with Gasteiger partial charge in [-0.25, -0.2) is 9.97 Å². The first kappa shape index (κ1) is 11.5. The molecular weight excluding hydrogens is 194 g/mol. The van der Waals surface area contributed by atoms with E-state index in [2.05, 4.69) is 23.8 Å². The van der Waals surface area contributed by atoms with Gasteiger partial charge in [0.15, 0.2) is 0 Å². The van der Waals surface area contributed by atoms with E-state index >= 15 is 0 Å². The Balaban J connectivity index is 2.34. The molecule has 0 bridgehead atoms. The van der Waals surface area contributed by atoms with Crippen LogP contribution in [0.25, 0.3) is 0 Å². The maximum absolute atomic E-state index is 6.01. The maximum atomic E-state index is 6.01. The van der Waals surface area contributed by atoms with Gasteiger partial charge in [0.2, 0.25) is 0 Å². The monoisotopic (exact) mass is 211 g/mol. The van der Waals surface area contributed by atoms with Crippen molar-refractivity contribution in [1.29, 1.82) is 0 Å². The van der Waals surface area contributed by atoms with Crippen LogP contribution in [-0.2, 0) is 0 Å². The molecule has 0 amide bonds. The summed E-state index contributed by atoms with van der Waals surface area (Å²) in [6.45, 7) is 4.35. The van der Waals surface area contributed by atoms with E-state index in [9.17, 15) is 0 Å². The van der Waals surface area contributed by atoms with Gasteiger partial charge in [0, 0.05) is 18.0 Å². The van der Waals surface area contributed by atoms with Crippen LogP contribution in [0, 0.1) is 5.92 Å². The van der Waals surface area contributed by atoms with Crippen LogP contribution >= 0.6 is 11.8 Å². The number of hydrogen-bond acceptors (Lipinski definition) is 4. The molecule has 0 spiro atoms. The van der Waals surface area contributed by atoms with Gasteiger partial charge in [-0.1, -0.05) is 20.3 Å². The average Bonchev–Trinajstić information content (AvgIpc) is 2.26. The average molecular weight is 211 g/mol. The predicted molar refractivity (Wildman–Crippen MR) is 60.2 cm³/mol. The molecule has 78 valence electrons. The third-order valence-electron chi connectivity index (χ3n) is 2.35. The molecule has 1 aromatic rings. The fourth-order valence-electron chi connectivity index (χ4n) is 1.01. The van der Waals surface area contributed by atoms with Crippen molar-refractivity contribution in [3.05, 3.63) is 18.6 Å². The third kappa shape index (κ3) is 3.64. The minimum absolute atomic E-state index is 0.250. The lowest BCUT2D eigenvalue weighted by molar-refractivity contribution is 0.475. The normalized spacial score (nSPS) is 15.1. The summed E-state index contributed by atoms with van der Waals surface area (Å²) in [5.74, 6) is 1.50. The Morgan fingerprint density at radius 3 is 2.93 bits per heavy atom. The van der Waals surface area contributed by atoms with Gasteiger partial charge in [0.25, 0.3) is 0 Å². The van der Waals surface area contributed by atoms with Crippen molar-refractivity contribution in [1.82, 2.24) is 9.97 Å². The van der Waals surface area contributed by atoms with Gasteiger partial charge >= 0.3 is 0 Å². The fourth-order valence-corrected chi connectivity index (χ4v) is 1.98. The molecule has 0 aliphatic rings. The van der Waals surface area contributed by atoms with Crippen molar-refractivity contribution in [2.24, 2.45) is 11.7 Å². The second kappa shape index (κ2) is 5.98. The first-order valence-electron chi connectivity index (χ1n) is 4.88. The van der Waals surface area contributed by atoms with E-state index in [1.807, 2.05) is 6.07 Å². The molecule has 2 unspecified atom stereocenters. The Kier molecular flexibility index (Phi) is 4.90. The highest BCUT2D eigenvalue weighted by Crippen LogP contribution is 2.17. The molecule has 0 saturated carbocycles. The van der Waals surface area contributed by atoms with Crippen LogP contribution in [0.2, 0.25) is 0 Å². The van der Waals surface area contributed by atoms with Gasteiger partial charge in [-0.15, -0.1) is 11.8 Å². The van der Waals surface area contributed by atoms with Gasteiger partial charge in [0.1, 0.15) is 6.33 Å². The molecule has 2 atom stereocenters. The highest BCUT2D eigenvalue weighted by atomic mass is 32.2. The van der Waals surface area contributed by atoms with Crippen LogP contribution < -0.4 is 5.73 Å². The van der Waals surface area contributed by atoms with E-state index in [4.69, 9.17) is 5.73 Å². The maximum Gasteiger partial charge on any atom is 0.116 e. The zero-order chi connectivity index (χ0) is 10.4. The lowest BCUT2D eigenvalue weighted by Crippen LogP contribution is -2.30. The summed E-state index contributed by atoms with van der Waals surface area (Å²) in [6, 6.07) is 2.16. The number of thioether (sulfide) groups is 1. The minimum atomic E-state index is 0.250. The fraction of sp³-hybridized carbons (Fsp3) is 0.600. The first-order valence-corrected chi connectivity index (χ1v) is 5.87. The topological polar surface area (TPSA) is 51.8 Å². The molecule has 2 N–H and O–H groups in total. The Hall–Kier alpha value is -0.610. The molecule has 3 nitrogen and oxygen atoms in total. The van der Waals surface area contributed by atoms with Crippen LogP contribution in [0.3, 0.4) is 0 Å². The van der Waals surface area contributed by atoms with Crippen LogP contribution in [0.1, 0.15) is 20.3 Å². The Labute approximate surface area is 89.5 Å². The molecule has 4 heteroatoms. The highest BCUT2D eigenvalue weighted by molar-refractivity contribution is 7.99. The molecule has 1 rings (SSSR count). The predicted octanol–water partition coefficient (Wildman–Crippen LogP) is 1.94. The standard InChI is InChI=1S/C10H17N3S/c1-3-8(2)9(11)6-14-10-4-5-12-7-13-10/h4-5,7-9H,3,6,11H2,1-2H3. The van der Waals surface area contributed by atoms with Gasteiger partial charge in [-0.2, -0.15) is 0 Å². The minimum Gasteiger partial charge on any atom is -0.327 e. The van der Waals surface area contributed by atoms with Crippen molar-refractivity contribution < 1.29 is 0 Å². The quantitative estimate of drug-likeness (QED) is 0.597. The highest BCUT2D eigenvalue weighted by Gasteiger charge is 2.10. The number of nitrogens with two attached hydrogens (primary N) is 1. The van der Waals surface area contributed by atoms with Gasteiger partial charge in [0.05, 0.1) is 5.03 Å². The van der Waals surface area contributed by atoms with Crippen LogP contribution in [-0.4, -0.2) is 21.8 Å². The summed E-state index contributed by atoms with van der Waals surface area (Å²) in [6.07, 6.45) is 4.45. The summed E-state index contributed by atoms with van der Waals surface area (Å²) < 4.78 is 0. The third-order valence-corrected chi connectivity index (χ3v) is 3.44. The number of nitrogens with zero attached hydrogens (tertiary/aromatic N) is 2. The molecule has 14 heavy (non-hydrogen) atoms. The summed E-state index contributed by atoms with van der Waals surface area (Å²) >= 11 is 1.70. The summed E-state index contributed by atoms with van der Waals surface area (Å²) in [5.41, 5.74) is 6.01. The molecule has 1 heterocycles. The van der Waals surface area contributed by atoms with Gasteiger partial charge < -0.3 is 5.73 Å². The molecule has 0 aliphatic carbocycles. The Morgan fingerprint density at radius 1 is 1.57 bits per heavy atom. The molecule has 0 aromatic carbocycles. The van der Waals surface area contributed by atoms with Crippen molar-refractivity contribution in [2.45, 2.75) is 31.3 Å². The SMILES string of the molecule is CCC(C)C(N)CSc1ccncn1. The number of hydrogen-bond donors (Lipinski definition) is 1. The molecule has 0 saturated heterocycles. The van der Waals surface area contributed by atoms with Crippen molar-refractivity contribution in [2.75, 3.05) is 5.75 Å². The molecular formula is C10H17N3S. The Bertz CT molecular complexity index is 253. The van der Waals surface area contributed by atoms with Crippen LogP contribution in [0.5, 0.6) is 0 Å². The first-order chi connectivity index (χ1) is 6.74. The smallest absolute Gasteiger partial charge is 0.116 e. The van der Waals surface area contributed by atoms with Crippen molar-refractivity contribution >= 4 is 11.8 Å². The second-order valence-electron chi connectivity index (χ2n) is 3.41. The zero-order valence-electron chi connectivity index (χ0n) is 8.68. The summed E-state index contributed by atoms with van der Waals surface area (Å²) in [5, 5.41) is 0.999. The van der Waals surface area contributed by atoms with Gasteiger partial charge in [-0.05, 0) is 12.0 Å². The van der Waals surface area contributed by atoms with E-state index in [0.29, 0.717) is 5.92 Å². The van der Waals surface area contributed by atoms with Crippen LogP contribution in [0.15, 0.2) is 23.6 Å². The Morgan fingerprint density at radius 2 is 2.36 bits per heavy atom. The second-order valence-corrected chi connectivity index (χ2v) is 4.45. The molecule has 1 aromatic heterocycles. The van der Waals surface area contributed by atoms with E-state index in [1.165, 1.54) is 0 Å². The largest absolute Gasteiger partial charge is 0.327 e. The summed E-state index contributed by atoms with van der Waals surface area (Å²) in [4.78, 5) is 8.00. The van der Waals surface area contributed by atoms with E-state index in [-0.39, 0.29) is 6.04 Å².